The summed E-state index contributed by atoms with van der Waals surface area (Å²) in [5.41, 5.74) is 0. The van der Waals surface area contributed by atoms with Crippen LogP contribution in [0.2, 0.25) is 0 Å². The first-order valence-corrected chi connectivity index (χ1v) is 7.23. The van der Waals surface area contributed by atoms with Crippen LogP contribution < -0.4 is 0 Å². The molecule has 2 aliphatic carbocycles. The van der Waals surface area contributed by atoms with Gasteiger partial charge in [0.2, 0.25) is 0 Å². The Hall–Kier alpha value is -0.0800. The van der Waals surface area contributed by atoms with Gasteiger partial charge in [-0.2, -0.15) is 0 Å². The van der Waals surface area contributed by atoms with Crippen LogP contribution in [0.1, 0.15) is 44.9 Å². The molecule has 0 aromatic rings. The number of aliphatic hydroxyl groups excluding tert-OH is 1. The second-order valence-corrected chi connectivity index (χ2v) is 6.62. The van der Waals surface area contributed by atoms with E-state index in [-0.39, 0.29) is 6.10 Å². The Kier molecular flexibility index (Phi) is 2.75. The van der Waals surface area contributed by atoms with Gasteiger partial charge in [0.15, 0.2) is 0 Å². The SMILES string of the molecule is C[N+]1([C@H]2CC[C@H]3CCC[C@H]2[C@H]3O)CCCC1. The topological polar surface area (TPSA) is 20.2 Å². The minimum Gasteiger partial charge on any atom is -0.392 e. The van der Waals surface area contributed by atoms with E-state index in [0.29, 0.717) is 11.8 Å². The van der Waals surface area contributed by atoms with Crippen molar-refractivity contribution in [2.24, 2.45) is 11.8 Å². The molecule has 92 valence electrons. The highest BCUT2D eigenvalue weighted by atomic mass is 16.3. The maximum absolute atomic E-state index is 10.4. The minimum absolute atomic E-state index is 0.0306. The average Bonchev–Trinajstić information content (AvgIpc) is 2.65. The maximum Gasteiger partial charge on any atom is 0.0941 e. The zero-order valence-corrected chi connectivity index (χ0v) is 10.6. The zero-order chi connectivity index (χ0) is 11.2. The van der Waals surface area contributed by atoms with E-state index in [1.807, 2.05) is 0 Å². The van der Waals surface area contributed by atoms with Crippen molar-refractivity contribution in [1.82, 2.24) is 0 Å². The quantitative estimate of drug-likeness (QED) is 0.677. The van der Waals surface area contributed by atoms with E-state index in [2.05, 4.69) is 7.05 Å². The van der Waals surface area contributed by atoms with E-state index in [1.54, 1.807) is 0 Å². The molecule has 1 heterocycles. The summed E-state index contributed by atoms with van der Waals surface area (Å²) in [5, 5.41) is 10.4. The Labute approximate surface area is 99.2 Å². The van der Waals surface area contributed by atoms with E-state index in [9.17, 15) is 5.11 Å². The molecule has 0 radical (unpaired) electrons. The molecular weight excluding hydrogens is 198 g/mol. The molecule has 1 aliphatic heterocycles. The van der Waals surface area contributed by atoms with Crippen molar-refractivity contribution in [1.29, 1.82) is 0 Å². The van der Waals surface area contributed by atoms with Gasteiger partial charge in [0.25, 0.3) is 0 Å². The molecule has 3 fully saturated rings. The van der Waals surface area contributed by atoms with Crippen molar-refractivity contribution < 1.29 is 9.59 Å². The largest absolute Gasteiger partial charge is 0.392 e. The van der Waals surface area contributed by atoms with Gasteiger partial charge in [0.05, 0.1) is 32.3 Å². The van der Waals surface area contributed by atoms with Crippen LogP contribution in [0.5, 0.6) is 0 Å². The lowest BCUT2D eigenvalue weighted by Gasteiger charge is -2.50. The molecule has 2 bridgehead atoms. The highest BCUT2D eigenvalue weighted by molar-refractivity contribution is 4.92. The third-order valence-electron chi connectivity index (χ3n) is 5.75. The molecule has 3 rings (SSSR count). The van der Waals surface area contributed by atoms with Gasteiger partial charge in [-0.15, -0.1) is 0 Å². The molecule has 2 nitrogen and oxygen atoms in total. The number of fused-ring (bicyclic) bond motifs is 2. The first-order chi connectivity index (χ1) is 7.71. The van der Waals surface area contributed by atoms with Crippen LogP contribution in [-0.2, 0) is 0 Å². The summed E-state index contributed by atoms with van der Waals surface area (Å²) < 4.78 is 1.27. The predicted molar refractivity (Wildman–Crippen MR) is 65.0 cm³/mol. The lowest BCUT2D eigenvalue weighted by atomic mass is 9.67. The number of likely N-dealkylation sites (tertiary alicyclic amines) is 1. The van der Waals surface area contributed by atoms with Crippen molar-refractivity contribution in [2.45, 2.75) is 57.1 Å². The smallest absolute Gasteiger partial charge is 0.0941 e. The fourth-order valence-corrected chi connectivity index (χ4v) is 4.80. The lowest BCUT2D eigenvalue weighted by Crippen LogP contribution is -2.59. The standard InChI is InChI=1S/C14H26NO/c1-15(9-2-3-10-15)13-8-7-11-5-4-6-12(13)14(11)16/h11-14,16H,2-10H2,1H3/q+1/t11-,12-,13+,14+/m1/s1. The van der Waals surface area contributed by atoms with Gasteiger partial charge in [0.1, 0.15) is 0 Å². The Morgan fingerprint density at radius 3 is 2.44 bits per heavy atom. The van der Waals surface area contributed by atoms with Gasteiger partial charge in [-0.1, -0.05) is 6.42 Å². The Bertz CT molecular complexity index is 259. The fraction of sp³-hybridized carbons (Fsp3) is 1.00. The van der Waals surface area contributed by atoms with Crippen molar-refractivity contribution in [3.05, 3.63) is 0 Å². The Morgan fingerprint density at radius 1 is 0.938 bits per heavy atom. The molecule has 0 unspecified atom stereocenters. The van der Waals surface area contributed by atoms with Crippen LogP contribution in [0.15, 0.2) is 0 Å². The number of quaternary nitrogens is 1. The first-order valence-electron chi connectivity index (χ1n) is 7.23. The first kappa shape index (κ1) is 11.0. The van der Waals surface area contributed by atoms with Crippen LogP contribution >= 0.6 is 0 Å². The molecule has 16 heavy (non-hydrogen) atoms. The summed E-state index contributed by atoms with van der Waals surface area (Å²) in [7, 11) is 2.44. The lowest BCUT2D eigenvalue weighted by molar-refractivity contribution is -0.928. The van der Waals surface area contributed by atoms with E-state index in [1.165, 1.54) is 62.5 Å². The minimum atomic E-state index is 0.0306. The summed E-state index contributed by atoms with van der Waals surface area (Å²) in [6, 6.07) is 0.772. The third kappa shape index (κ3) is 1.62. The summed E-state index contributed by atoms with van der Waals surface area (Å²) in [6.45, 7) is 2.72. The molecular formula is C14H26NO+. The molecule has 0 aromatic carbocycles. The second-order valence-electron chi connectivity index (χ2n) is 6.62. The molecule has 3 aliphatic rings. The van der Waals surface area contributed by atoms with Crippen molar-refractivity contribution >= 4 is 0 Å². The molecule has 4 atom stereocenters. The summed E-state index contributed by atoms with van der Waals surface area (Å²) in [6.07, 6.45) is 9.44. The molecule has 0 aromatic heterocycles. The molecule has 0 amide bonds. The normalized spacial score (nSPS) is 46.9. The molecule has 1 N–H and O–H groups in total. The second kappa shape index (κ2) is 3.99. The van der Waals surface area contributed by atoms with Gasteiger partial charge >= 0.3 is 0 Å². The van der Waals surface area contributed by atoms with E-state index >= 15 is 0 Å². The van der Waals surface area contributed by atoms with Gasteiger partial charge in [-0.3, -0.25) is 0 Å². The van der Waals surface area contributed by atoms with Crippen molar-refractivity contribution in [3.63, 3.8) is 0 Å². The number of hydrogen-bond acceptors (Lipinski definition) is 1. The monoisotopic (exact) mass is 224 g/mol. The van der Waals surface area contributed by atoms with Gasteiger partial charge in [-0.25, -0.2) is 0 Å². The predicted octanol–water partition coefficient (Wildman–Crippen LogP) is 2.17. The molecule has 2 heteroatoms. The number of rotatable bonds is 1. The van der Waals surface area contributed by atoms with Crippen LogP contribution in [0.3, 0.4) is 0 Å². The summed E-state index contributed by atoms with van der Waals surface area (Å²) in [4.78, 5) is 0. The van der Waals surface area contributed by atoms with Crippen molar-refractivity contribution in [3.8, 4) is 0 Å². The summed E-state index contributed by atoms with van der Waals surface area (Å²) >= 11 is 0. The fourth-order valence-electron chi connectivity index (χ4n) is 4.80. The summed E-state index contributed by atoms with van der Waals surface area (Å²) in [5.74, 6) is 1.26. The van der Waals surface area contributed by atoms with E-state index < -0.39 is 0 Å². The Morgan fingerprint density at radius 2 is 1.69 bits per heavy atom. The molecule has 1 saturated heterocycles. The highest BCUT2D eigenvalue weighted by Crippen LogP contribution is 2.44. The third-order valence-corrected chi connectivity index (χ3v) is 5.75. The number of hydrogen-bond donors (Lipinski definition) is 1. The highest BCUT2D eigenvalue weighted by Gasteiger charge is 2.49. The van der Waals surface area contributed by atoms with Crippen LogP contribution in [-0.4, -0.2) is 41.9 Å². The average molecular weight is 224 g/mol. The number of aliphatic hydroxyl groups is 1. The molecule has 0 spiro atoms. The van der Waals surface area contributed by atoms with E-state index in [4.69, 9.17) is 0 Å². The number of nitrogens with zero attached hydrogens (tertiary/aromatic N) is 1. The van der Waals surface area contributed by atoms with Gasteiger partial charge in [-0.05, 0) is 25.2 Å². The van der Waals surface area contributed by atoms with E-state index in [0.717, 1.165) is 6.04 Å². The van der Waals surface area contributed by atoms with Crippen LogP contribution in [0, 0.1) is 11.8 Å². The molecule has 2 saturated carbocycles. The maximum atomic E-state index is 10.4. The van der Waals surface area contributed by atoms with Crippen LogP contribution in [0.4, 0.5) is 0 Å². The van der Waals surface area contributed by atoms with Crippen molar-refractivity contribution in [2.75, 3.05) is 20.1 Å². The Balaban J connectivity index is 1.80. The van der Waals surface area contributed by atoms with Gasteiger partial charge < -0.3 is 9.59 Å². The van der Waals surface area contributed by atoms with Crippen LogP contribution in [0.25, 0.3) is 0 Å². The van der Waals surface area contributed by atoms with Gasteiger partial charge in [0, 0.05) is 25.2 Å². The zero-order valence-electron chi connectivity index (χ0n) is 10.6.